The fourth-order valence-corrected chi connectivity index (χ4v) is 2.82. The summed E-state index contributed by atoms with van der Waals surface area (Å²) < 4.78 is 0. The molecule has 0 amide bonds. The zero-order valence-corrected chi connectivity index (χ0v) is 14.7. The Morgan fingerprint density at radius 1 is 0.739 bits per heavy atom. The molecule has 23 heavy (non-hydrogen) atoms. The molecule has 0 aliphatic rings. The summed E-state index contributed by atoms with van der Waals surface area (Å²) in [5, 5.41) is 2.07. The van der Waals surface area contributed by atoms with Crippen LogP contribution < -0.4 is 0 Å². The van der Waals surface area contributed by atoms with Gasteiger partial charge in [-0.15, -0.1) is 0 Å². The highest BCUT2D eigenvalue weighted by Crippen LogP contribution is 2.25. The molecule has 0 atom stereocenters. The molecular weight excluding hydrogens is 349 g/mol. The number of rotatable bonds is 4. The van der Waals surface area contributed by atoms with Gasteiger partial charge in [-0.05, 0) is 54.3 Å². The van der Waals surface area contributed by atoms with Crippen molar-refractivity contribution in [3.8, 4) is 22.8 Å². The topological polar surface area (TPSA) is 38.7 Å². The fourth-order valence-electron chi connectivity index (χ4n) is 2.01. The molecule has 3 nitrogen and oxygen atoms in total. The van der Waals surface area contributed by atoms with Gasteiger partial charge in [-0.3, -0.25) is 0 Å². The van der Waals surface area contributed by atoms with Crippen molar-refractivity contribution in [3.05, 3.63) is 58.6 Å². The fraction of sp³-hybridized carbons (Fsp3) is 0.118. The van der Waals surface area contributed by atoms with E-state index in [1.807, 2.05) is 48.5 Å². The van der Waals surface area contributed by atoms with Gasteiger partial charge in [0.15, 0.2) is 16.8 Å². The predicted octanol–water partition coefficient (Wildman–Crippen LogP) is 5.62. The monoisotopic (exact) mass is 361 g/mol. The van der Waals surface area contributed by atoms with Gasteiger partial charge in [-0.2, -0.15) is 0 Å². The van der Waals surface area contributed by atoms with E-state index in [2.05, 4.69) is 21.9 Å². The Hall–Kier alpha value is -1.62. The average Bonchev–Trinajstić information content (AvgIpc) is 2.56. The van der Waals surface area contributed by atoms with Gasteiger partial charge in [-0.1, -0.05) is 41.9 Å². The Balaban J connectivity index is 2.09. The molecule has 2 aromatic carbocycles. The molecule has 0 unspecified atom stereocenters. The maximum atomic E-state index is 5.95. The third-order valence-corrected chi connectivity index (χ3v) is 4.33. The molecule has 0 bridgehead atoms. The quantitative estimate of drug-likeness (QED) is 0.564. The predicted molar refractivity (Wildman–Crippen MR) is 97.1 cm³/mol. The van der Waals surface area contributed by atoms with Crippen molar-refractivity contribution in [1.29, 1.82) is 0 Å². The molecule has 3 rings (SSSR count). The molecule has 0 fully saturated rings. The smallest absolute Gasteiger partial charge is 0.191 e. The molecule has 0 N–H and O–H groups in total. The van der Waals surface area contributed by atoms with Crippen molar-refractivity contribution in [1.82, 2.24) is 15.0 Å². The highest BCUT2D eigenvalue weighted by atomic mass is 35.5. The molecule has 0 aliphatic carbocycles. The van der Waals surface area contributed by atoms with Crippen LogP contribution in [0.4, 0.5) is 0 Å². The molecule has 3 aromatic rings. The number of nitrogens with zero attached hydrogens (tertiary/aromatic N) is 3. The van der Waals surface area contributed by atoms with Gasteiger partial charge in [0, 0.05) is 21.2 Å². The Morgan fingerprint density at radius 2 is 1.17 bits per heavy atom. The second kappa shape index (κ2) is 7.30. The van der Waals surface area contributed by atoms with E-state index in [1.165, 1.54) is 0 Å². The zero-order chi connectivity index (χ0) is 16.2. The highest BCUT2D eigenvalue weighted by molar-refractivity contribution is 7.99. The van der Waals surface area contributed by atoms with Crippen molar-refractivity contribution in [3.63, 3.8) is 0 Å². The van der Waals surface area contributed by atoms with Crippen LogP contribution in [0.3, 0.4) is 0 Å². The van der Waals surface area contributed by atoms with Crippen LogP contribution in [0.2, 0.25) is 10.0 Å². The standard InChI is InChI=1S/C17H13Cl2N3S/c1-2-23-17-21-15(11-3-7-13(18)8-4-11)20-16(22-17)12-5-9-14(19)10-6-12/h3-10H,2H2,1H3. The Morgan fingerprint density at radius 3 is 1.57 bits per heavy atom. The van der Waals surface area contributed by atoms with Crippen LogP contribution in [0.25, 0.3) is 22.8 Å². The van der Waals surface area contributed by atoms with E-state index in [-0.39, 0.29) is 0 Å². The van der Waals surface area contributed by atoms with Crippen molar-refractivity contribution < 1.29 is 0 Å². The number of thioether (sulfide) groups is 1. The zero-order valence-electron chi connectivity index (χ0n) is 12.3. The average molecular weight is 362 g/mol. The van der Waals surface area contributed by atoms with Crippen LogP contribution in [0, 0.1) is 0 Å². The van der Waals surface area contributed by atoms with Gasteiger partial charge in [0.1, 0.15) is 0 Å². The van der Waals surface area contributed by atoms with Gasteiger partial charge in [-0.25, -0.2) is 15.0 Å². The van der Waals surface area contributed by atoms with Crippen molar-refractivity contribution in [2.45, 2.75) is 12.1 Å². The van der Waals surface area contributed by atoms with Crippen LogP contribution >= 0.6 is 35.0 Å². The molecule has 0 spiro atoms. The molecule has 6 heteroatoms. The first-order chi connectivity index (χ1) is 11.2. The Labute approximate surface area is 149 Å². The summed E-state index contributed by atoms with van der Waals surface area (Å²) in [6, 6.07) is 14.9. The number of benzene rings is 2. The molecule has 1 heterocycles. The van der Waals surface area contributed by atoms with Gasteiger partial charge >= 0.3 is 0 Å². The minimum Gasteiger partial charge on any atom is -0.208 e. The number of hydrogen-bond acceptors (Lipinski definition) is 4. The van der Waals surface area contributed by atoms with E-state index in [4.69, 9.17) is 23.2 Å². The second-order valence-corrected chi connectivity index (χ2v) is 6.82. The van der Waals surface area contributed by atoms with E-state index in [0.717, 1.165) is 16.9 Å². The summed E-state index contributed by atoms with van der Waals surface area (Å²) in [4.78, 5) is 13.7. The molecule has 1 aromatic heterocycles. The number of hydrogen-bond donors (Lipinski definition) is 0. The normalized spacial score (nSPS) is 10.7. The SMILES string of the molecule is CCSc1nc(-c2ccc(Cl)cc2)nc(-c2ccc(Cl)cc2)n1. The second-order valence-electron chi connectivity index (χ2n) is 4.71. The van der Waals surface area contributed by atoms with E-state index in [9.17, 15) is 0 Å². The minimum atomic E-state index is 0.637. The summed E-state index contributed by atoms with van der Waals surface area (Å²) in [5.41, 5.74) is 1.81. The molecule has 0 aliphatic heterocycles. The van der Waals surface area contributed by atoms with Crippen LogP contribution in [0.1, 0.15) is 6.92 Å². The van der Waals surface area contributed by atoms with Crippen molar-refractivity contribution in [2.24, 2.45) is 0 Å². The van der Waals surface area contributed by atoms with Gasteiger partial charge in [0.2, 0.25) is 0 Å². The first-order valence-electron chi connectivity index (χ1n) is 7.06. The molecular formula is C17H13Cl2N3S. The number of halogens is 2. The lowest BCUT2D eigenvalue weighted by atomic mass is 10.2. The maximum Gasteiger partial charge on any atom is 0.191 e. The van der Waals surface area contributed by atoms with Crippen LogP contribution in [0.5, 0.6) is 0 Å². The lowest BCUT2D eigenvalue weighted by molar-refractivity contribution is 0.921. The number of aromatic nitrogens is 3. The minimum absolute atomic E-state index is 0.637. The summed E-state index contributed by atoms with van der Waals surface area (Å²) in [5.74, 6) is 2.17. The Kier molecular flexibility index (Phi) is 5.16. The molecule has 0 radical (unpaired) electrons. The van der Waals surface area contributed by atoms with Crippen molar-refractivity contribution in [2.75, 3.05) is 5.75 Å². The summed E-state index contributed by atoms with van der Waals surface area (Å²) in [7, 11) is 0. The molecule has 116 valence electrons. The lowest BCUT2D eigenvalue weighted by Crippen LogP contribution is -1.99. The van der Waals surface area contributed by atoms with E-state index in [1.54, 1.807) is 11.8 Å². The van der Waals surface area contributed by atoms with E-state index >= 15 is 0 Å². The van der Waals surface area contributed by atoms with Gasteiger partial charge in [0.25, 0.3) is 0 Å². The summed E-state index contributed by atoms with van der Waals surface area (Å²) in [6.07, 6.45) is 0. The first-order valence-corrected chi connectivity index (χ1v) is 8.80. The summed E-state index contributed by atoms with van der Waals surface area (Å²) >= 11 is 13.5. The van der Waals surface area contributed by atoms with Crippen molar-refractivity contribution >= 4 is 35.0 Å². The molecule has 0 saturated carbocycles. The van der Waals surface area contributed by atoms with Crippen LogP contribution in [-0.2, 0) is 0 Å². The lowest BCUT2D eigenvalue weighted by Gasteiger charge is -2.07. The van der Waals surface area contributed by atoms with Gasteiger partial charge in [0.05, 0.1) is 0 Å². The highest BCUT2D eigenvalue weighted by Gasteiger charge is 2.10. The van der Waals surface area contributed by atoms with Crippen LogP contribution in [-0.4, -0.2) is 20.7 Å². The third kappa shape index (κ3) is 4.02. The Bertz CT molecular complexity index is 741. The molecule has 0 saturated heterocycles. The van der Waals surface area contributed by atoms with Crippen LogP contribution in [0.15, 0.2) is 53.7 Å². The maximum absolute atomic E-state index is 5.95. The first kappa shape index (κ1) is 16.2. The van der Waals surface area contributed by atoms with Gasteiger partial charge < -0.3 is 0 Å². The largest absolute Gasteiger partial charge is 0.208 e. The van der Waals surface area contributed by atoms with E-state index in [0.29, 0.717) is 26.9 Å². The van der Waals surface area contributed by atoms with E-state index < -0.39 is 0 Å². The third-order valence-electron chi connectivity index (χ3n) is 3.09. The summed E-state index contributed by atoms with van der Waals surface area (Å²) in [6.45, 7) is 2.07.